The summed E-state index contributed by atoms with van der Waals surface area (Å²) in [5, 5.41) is 9.60. The molecule has 2 atom stereocenters. The highest BCUT2D eigenvalue weighted by Crippen LogP contribution is 2.28. The van der Waals surface area contributed by atoms with Gasteiger partial charge in [0.2, 0.25) is 0 Å². The van der Waals surface area contributed by atoms with Crippen molar-refractivity contribution in [2.45, 2.75) is 44.8 Å². The third kappa shape index (κ3) is 3.16. The molecule has 1 aromatic carbocycles. The average molecular weight is 249 g/mol. The Balaban J connectivity index is 2.11. The van der Waals surface area contributed by atoms with Gasteiger partial charge in [0.05, 0.1) is 13.2 Å². The van der Waals surface area contributed by atoms with E-state index in [1.165, 1.54) is 24.9 Å². The Morgan fingerprint density at radius 1 is 1.33 bits per heavy atom. The normalized spacial score (nSPS) is 21.7. The highest BCUT2D eigenvalue weighted by Gasteiger charge is 2.23. The van der Waals surface area contributed by atoms with Gasteiger partial charge in [0.15, 0.2) is 0 Å². The van der Waals surface area contributed by atoms with E-state index in [0.717, 1.165) is 18.7 Å². The van der Waals surface area contributed by atoms with E-state index in [2.05, 4.69) is 17.0 Å². The van der Waals surface area contributed by atoms with Gasteiger partial charge in [-0.2, -0.15) is 0 Å². The SMILES string of the molecule is COc1ccc(N2CCCCC2CC(C)O)cc1. The first-order valence-corrected chi connectivity index (χ1v) is 6.79. The van der Waals surface area contributed by atoms with Crippen molar-refractivity contribution in [1.29, 1.82) is 0 Å². The number of ether oxygens (including phenoxy) is 1. The lowest BCUT2D eigenvalue weighted by molar-refractivity contribution is 0.167. The molecule has 100 valence electrons. The standard InChI is InChI=1S/C15H23NO2/c1-12(17)11-14-5-3-4-10-16(14)13-6-8-15(18-2)9-7-13/h6-9,12,14,17H,3-5,10-11H2,1-2H3. The lowest BCUT2D eigenvalue weighted by Crippen LogP contribution is -2.41. The number of aliphatic hydroxyl groups excluding tert-OH is 1. The molecule has 2 rings (SSSR count). The van der Waals surface area contributed by atoms with Gasteiger partial charge in [-0.1, -0.05) is 0 Å². The highest BCUT2D eigenvalue weighted by atomic mass is 16.5. The topological polar surface area (TPSA) is 32.7 Å². The summed E-state index contributed by atoms with van der Waals surface area (Å²) in [5.41, 5.74) is 1.24. The molecule has 0 radical (unpaired) electrons. The summed E-state index contributed by atoms with van der Waals surface area (Å²) >= 11 is 0. The summed E-state index contributed by atoms with van der Waals surface area (Å²) in [6.07, 6.45) is 4.31. The number of methoxy groups -OCH3 is 1. The van der Waals surface area contributed by atoms with Gasteiger partial charge >= 0.3 is 0 Å². The minimum absolute atomic E-state index is 0.228. The third-order valence-electron chi connectivity index (χ3n) is 3.64. The Hall–Kier alpha value is -1.22. The zero-order chi connectivity index (χ0) is 13.0. The average Bonchev–Trinajstić information content (AvgIpc) is 2.39. The second kappa shape index (κ2) is 6.10. The maximum absolute atomic E-state index is 9.60. The van der Waals surface area contributed by atoms with Crippen LogP contribution in [0, 0.1) is 0 Å². The number of piperidine rings is 1. The molecule has 3 heteroatoms. The Bertz CT molecular complexity index is 361. The summed E-state index contributed by atoms with van der Waals surface area (Å²) in [6.45, 7) is 2.96. The second-order valence-electron chi connectivity index (χ2n) is 5.13. The second-order valence-corrected chi connectivity index (χ2v) is 5.13. The summed E-state index contributed by atoms with van der Waals surface area (Å²) in [5.74, 6) is 0.892. The molecule has 0 aromatic heterocycles. The van der Waals surface area contributed by atoms with Gasteiger partial charge in [-0.25, -0.2) is 0 Å². The minimum atomic E-state index is -0.228. The Morgan fingerprint density at radius 3 is 2.67 bits per heavy atom. The number of hydrogen-bond acceptors (Lipinski definition) is 3. The molecule has 0 amide bonds. The van der Waals surface area contributed by atoms with Crippen LogP contribution in [-0.4, -0.2) is 30.9 Å². The first-order chi connectivity index (χ1) is 8.70. The number of benzene rings is 1. The summed E-state index contributed by atoms with van der Waals surface area (Å²) in [7, 11) is 1.69. The molecule has 2 unspecified atom stereocenters. The van der Waals surface area contributed by atoms with Crippen LogP contribution in [0.1, 0.15) is 32.6 Å². The maximum atomic E-state index is 9.60. The van der Waals surface area contributed by atoms with Crippen LogP contribution >= 0.6 is 0 Å². The van der Waals surface area contributed by atoms with E-state index in [0.29, 0.717) is 6.04 Å². The molecule has 0 aliphatic carbocycles. The van der Waals surface area contributed by atoms with Crippen LogP contribution < -0.4 is 9.64 Å². The van der Waals surface area contributed by atoms with E-state index in [-0.39, 0.29) is 6.10 Å². The van der Waals surface area contributed by atoms with E-state index < -0.39 is 0 Å². The number of rotatable bonds is 4. The fraction of sp³-hybridized carbons (Fsp3) is 0.600. The van der Waals surface area contributed by atoms with Crippen molar-refractivity contribution in [2.24, 2.45) is 0 Å². The van der Waals surface area contributed by atoms with Gasteiger partial charge in [0.1, 0.15) is 5.75 Å². The van der Waals surface area contributed by atoms with Gasteiger partial charge in [-0.05, 0) is 56.9 Å². The fourth-order valence-electron chi connectivity index (χ4n) is 2.75. The van der Waals surface area contributed by atoms with Gasteiger partial charge in [-0.15, -0.1) is 0 Å². The van der Waals surface area contributed by atoms with Crippen LogP contribution in [-0.2, 0) is 0 Å². The number of anilines is 1. The van der Waals surface area contributed by atoms with Gasteiger partial charge in [0, 0.05) is 18.3 Å². The van der Waals surface area contributed by atoms with E-state index in [1.807, 2.05) is 19.1 Å². The summed E-state index contributed by atoms with van der Waals surface area (Å²) in [4.78, 5) is 2.43. The third-order valence-corrected chi connectivity index (χ3v) is 3.64. The van der Waals surface area contributed by atoms with Crippen molar-refractivity contribution in [1.82, 2.24) is 0 Å². The lowest BCUT2D eigenvalue weighted by Gasteiger charge is -2.38. The highest BCUT2D eigenvalue weighted by molar-refractivity contribution is 5.50. The molecule has 0 bridgehead atoms. The monoisotopic (exact) mass is 249 g/mol. The van der Waals surface area contributed by atoms with Crippen LogP contribution in [0.4, 0.5) is 5.69 Å². The van der Waals surface area contributed by atoms with E-state index >= 15 is 0 Å². The zero-order valence-electron chi connectivity index (χ0n) is 11.3. The Morgan fingerprint density at radius 2 is 2.06 bits per heavy atom. The van der Waals surface area contributed by atoms with Crippen LogP contribution in [0.15, 0.2) is 24.3 Å². The zero-order valence-corrected chi connectivity index (χ0v) is 11.3. The van der Waals surface area contributed by atoms with Crippen molar-refractivity contribution in [3.63, 3.8) is 0 Å². The predicted molar refractivity (Wildman–Crippen MR) is 74.3 cm³/mol. The van der Waals surface area contributed by atoms with Crippen molar-refractivity contribution in [2.75, 3.05) is 18.6 Å². The van der Waals surface area contributed by atoms with Gasteiger partial charge < -0.3 is 14.7 Å². The molecule has 1 aliphatic heterocycles. The van der Waals surface area contributed by atoms with Crippen LogP contribution in [0.2, 0.25) is 0 Å². The lowest BCUT2D eigenvalue weighted by atomic mass is 9.96. The van der Waals surface area contributed by atoms with Gasteiger partial charge in [-0.3, -0.25) is 0 Å². The van der Waals surface area contributed by atoms with E-state index in [1.54, 1.807) is 7.11 Å². The summed E-state index contributed by atoms with van der Waals surface area (Å²) in [6, 6.07) is 8.69. The van der Waals surface area contributed by atoms with Crippen molar-refractivity contribution >= 4 is 5.69 Å². The molecular weight excluding hydrogens is 226 g/mol. The molecule has 1 aromatic rings. The molecule has 1 aliphatic rings. The molecular formula is C15H23NO2. The Labute approximate surface area is 109 Å². The Kier molecular flexibility index (Phi) is 4.48. The molecule has 3 nitrogen and oxygen atoms in total. The molecule has 1 fully saturated rings. The van der Waals surface area contributed by atoms with Gasteiger partial charge in [0.25, 0.3) is 0 Å². The number of aliphatic hydroxyl groups is 1. The first kappa shape index (κ1) is 13.2. The quantitative estimate of drug-likeness (QED) is 0.890. The van der Waals surface area contributed by atoms with Crippen molar-refractivity contribution < 1.29 is 9.84 Å². The molecule has 1 N–H and O–H groups in total. The number of nitrogens with zero attached hydrogens (tertiary/aromatic N) is 1. The largest absolute Gasteiger partial charge is 0.497 e. The maximum Gasteiger partial charge on any atom is 0.119 e. The molecule has 18 heavy (non-hydrogen) atoms. The predicted octanol–water partition coefficient (Wildman–Crippen LogP) is 2.83. The number of hydrogen-bond donors (Lipinski definition) is 1. The fourth-order valence-corrected chi connectivity index (χ4v) is 2.75. The van der Waals surface area contributed by atoms with Crippen molar-refractivity contribution in [3.8, 4) is 5.75 Å². The van der Waals surface area contributed by atoms with E-state index in [9.17, 15) is 5.11 Å². The summed E-state index contributed by atoms with van der Waals surface area (Å²) < 4.78 is 5.19. The van der Waals surface area contributed by atoms with E-state index in [4.69, 9.17) is 4.74 Å². The molecule has 1 saturated heterocycles. The van der Waals surface area contributed by atoms with Crippen LogP contribution in [0.3, 0.4) is 0 Å². The molecule has 0 saturated carbocycles. The van der Waals surface area contributed by atoms with Crippen molar-refractivity contribution in [3.05, 3.63) is 24.3 Å². The molecule has 1 heterocycles. The first-order valence-electron chi connectivity index (χ1n) is 6.79. The minimum Gasteiger partial charge on any atom is -0.497 e. The smallest absolute Gasteiger partial charge is 0.119 e. The molecule has 0 spiro atoms. The van der Waals surface area contributed by atoms with Crippen LogP contribution in [0.5, 0.6) is 5.75 Å². The van der Waals surface area contributed by atoms with Crippen LogP contribution in [0.25, 0.3) is 0 Å².